The van der Waals surface area contributed by atoms with Gasteiger partial charge in [0.1, 0.15) is 0 Å². The van der Waals surface area contributed by atoms with Crippen LogP contribution in [0.2, 0.25) is 0 Å². The molecule has 0 heterocycles. The van der Waals surface area contributed by atoms with E-state index in [-0.39, 0.29) is 0 Å². The molecule has 0 amide bonds. The highest BCUT2D eigenvalue weighted by Gasteiger charge is 1.62. The van der Waals surface area contributed by atoms with Gasteiger partial charge in [0.15, 0.2) is 0 Å². The van der Waals surface area contributed by atoms with E-state index >= 15 is 0 Å². The predicted octanol–water partition coefficient (Wildman–Crippen LogP) is 3.35. The predicted molar refractivity (Wildman–Crippen MR) is 55.7 cm³/mol. The lowest BCUT2D eigenvalue weighted by atomic mass is 10.6. The fraction of sp³-hybridized carbons (Fsp3) is 0.600. The molecule has 0 unspecified atom stereocenters. The summed E-state index contributed by atoms with van der Waals surface area (Å²) >= 11 is 0. The van der Waals surface area contributed by atoms with E-state index in [0.29, 0.717) is 0 Å². The second kappa shape index (κ2) is 22.8. The maximum absolute atomic E-state index is 3.56. The molecule has 0 fully saturated rings. The van der Waals surface area contributed by atoms with Gasteiger partial charge in [0.2, 0.25) is 0 Å². The van der Waals surface area contributed by atoms with E-state index in [0.717, 1.165) is 5.70 Å². The topological polar surface area (TPSA) is 12.0 Å². The Labute approximate surface area is 72.2 Å². The number of allylic oxidation sites excluding steroid dienone is 2. The maximum Gasteiger partial charge on any atom is 0.00299 e. The van der Waals surface area contributed by atoms with Crippen LogP contribution in [0.25, 0.3) is 0 Å². The normalized spacial score (nSPS) is 5.91. The summed E-state index contributed by atoms with van der Waals surface area (Å²) in [5.74, 6) is 0. The molecule has 1 N–H and O–H groups in total. The van der Waals surface area contributed by atoms with Gasteiger partial charge in [-0.25, -0.2) is 0 Å². The zero-order chi connectivity index (χ0) is 9.70. The number of hydrogen-bond donors (Lipinski definition) is 1. The molecular formula is C10H23N. The van der Waals surface area contributed by atoms with Crippen LogP contribution in [0.3, 0.4) is 0 Å². The Morgan fingerprint density at radius 1 is 1.45 bits per heavy atom. The zero-order valence-electron chi connectivity index (χ0n) is 8.70. The summed E-state index contributed by atoms with van der Waals surface area (Å²) in [5.41, 5.74) is 1.00. The zero-order valence-corrected chi connectivity index (χ0v) is 8.70. The van der Waals surface area contributed by atoms with Crippen LogP contribution in [-0.4, -0.2) is 7.05 Å². The molecule has 0 aromatic heterocycles. The molecule has 1 nitrogen and oxygen atoms in total. The van der Waals surface area contributed by atoms with E-state index in [1.54, 1.807) is 6.08 Å². The minimum atomic E-state index is 1.00. The van der Waals surface area contributed by atoms with Crippen LogP contribution in [0.1, 0.15) is 34.1 Å². The second-order valence-electron chi connectivity index (χ2n) is 2.15. The Morgan fingerprint density at radius 3 is 1.55 bits per heavy atom. The summed E-state index contributed by atoms with van der Waals surface area (Å²) in [6, 6.07) is 0. The molecule has 0 aromatic rings. The fourth-order valence-corrected chi connectivity index (χ4v) is 0. The van der Waals surface area contributed by atoms with Crippen LogP contribution >= 0.6 is 0 Å². The fourth-order valence-electron chi connectivity index (χ4n) is 0. The van der Waals surface area contributed by atoms with Crippen LogP contribution in [0.5, 0.6) is 0 Å². The summed E-state index contributed by atoms with van der Waals surface area (Å²) in [6.45, 7) is 15.0. The summed E-state index contributed by atoms with van der Waals surface area (Å²) in [6.07, 6.45) is 3.00. The Kier molecular flexibility index (Phi) is 34.7. The van der Waals surface area contributed by atoms with Crippen molar-refractivity contribution in [3.05, 3.63) is 24.9 Å². The van der Waals surface area contributed by atoms with Gasteiger partial charge in [-0.3, -0.25) is 0 Å². The second-order valence-corrected chi connectivity index (χ2v) is 2.15. The minimum Gasteiger partial charge on any atom is -0.392 e. The maximum atomic E-state index is 3.56. The Hall–Kier alpha value is -0.720. The van der Waals surface area contributed by atoms with E-state index in [2.05, 4.69) is 32.3 Å². The van der Waals surface area contributed by atoms with Gasteiger partial charge in [-0.1, -0.05) is 32.9 Å². The first-order valence-electron chi connectivity index (χ1n) is 4.00. The van der Waals surface area contributed by atoms with Gasteiger partial charge < -0.3 is 5.32 Å². The smallest absolute Gasteiger partial charge is 0.00299 e. The van der Waals surface area contributed by atoms with Crippen molar-refractivity contribution in [3.8, 4) is 0 Å². The first kappa shape index (κ1) is 16.7. The molecule has 0 saturated carbocycles. The molecule has 11 heavy (non-hydrogen) atoms. The van der Waals surface area contributed by atoms with Crippen LogP contribution in [-0.2, 0) is 0 Å². The molecule has 0 aliphatic carbocycles. The van der Waals surface area contributed by atoms with Crippen molar-refractivity contribution < 1.29 is 0 Å². The first-order valence-corrected chi connectivity index (χ1v) is 4.00. The Bertz CT molecular complexity index is 74.9. The van der Waals surface area contributed by atoms with Gasteiger partial charge >= 0.3 is 0 Å². The summed E-state index contributed by atoms with van der Waals surface area (Å²) in [4.78, 5) is 0. The molecule has 0 aliphatic rings. The monoisotopic (exact) mass is 157 g/mol. The van der Waals surface area contributed by atoms with Crippen molar-refractivity contribution in [2.75, 3.05) is 7.05 Å². The van der Waals surface area contributed by atoms with Gasteiger partial charge in [-0.15, -0.1) is 6.58 Å². The van der Waals surface area contributed by atoms with Crippen LogP contribution < -0.4 is 5.32 Å². The molecule has 0 rings (SSSR count). The van der Waals surface area contributed by atoms with Crippen LogP contribution in [0.4, 0.5) is 0 Å². The molecule has 0 spiro atoms. The molecular weight excluding hydrogens is 134 g/mol. The van der Waals surface area contributed by atoms with E-state index < -0.39 is 0 Å². The van der Waals surface area contributed by atoms with E-state index in [1.165, 1.54) is 6.42 Å². The molecule has 0 saturated heterocycles. The van der Waals surface area contributed by atoms with Gasteiger partial charge in [0, 0.05) is 7.05 Å². The molecule has 68 valence electrons. The lowest BCUT2D eigenvalue weighted by Gasteiger charge is -1.87. The molecule has 0 atom stereocenters. The van der Waals surface area contributed by atoms with E-state index in [4.69, 9.17) is 0 Å². The summed E-state index contributed by atoms with van der Waals surface area (Å²) < 4.78 is 0. The standard InChI is InChI=1S/C4H9N.C3H8.C3H6/c1-4(2)5-3;2*1-3-2/h5H,1H2,2-3H3;3H2,1-2H3;3H,1H2,2H3. The third-order valence-corrected chi connectivity index (χ3v) is 0.427. The largest absolute Gasteiger partial charge is 0.392 e. The molecule has 0 bridgehead atoms. The Balaban J connectivity index is -0.0000000933. The summed E-state index contributed by atoms with van der Waals surface area (Å²) in [5, 5.41) is 2.83. The van der Waals surface area contributed by atoms with Crippen molar-refractivity contribution in [1.29, 1.82) is 0 Å². The average molecular weight is 157 g/mol. The van der Waals surface area contributed by atoms with Crippen LogP contribution in [0, 0.1) is 0 Å². The summed E-state index contributed by atoms with van der Waals surface area (Å²) in [7, 11) is 1.85. The average Bonchev–Trinajstić information content (AvgIpc) is 1.91. The third kappa shape index (κ3) is 300. The molecule has 0 aromatic carbocycles. The van der Waals surface area contributed by atoms with Gasteiger partial charge in [-0.05, 0) is 19.5 Å². The lowest BCUT2D eigenvalue weighted by Crippen LogP contribution is -1.98. The van der Waals surface area contributed by atoms with E-state index in [1.807, 2.05) is 20.9 Å². The molecule has 1 heteroatoms. The highest BCUT2D eigenvalue weighted by molar-refractivity contribution is 4.80. The first-order chi connectivity index (χ1) is 5.10. The quantitative estimate of drug-likeness (QED) is 0.576. The van der Waals surface area contributed by atoms with Crippen LogP contribution in [0.15, 0.2) is 24.9 Å². The van der Waals surface area contributed by atoms with Gasteiger partial charge in [-0.2, -0.15) is 0 Å². The third-order valence-electron chi connectivity index (χ3n) is 0.427. The van der Waals surface area contributed by atoms with Gasteiger partial charge in [0.25, 0.3) is 0 Å². The van der Waals surface area contributed by atoms with Crippen molar-refractivity contribution >= 4 is 0 Å². The minimum absolute atomic E-state index is 1.00. The van der Waals surface area contributed by atoms with Crippen molar-refractivity contribution in [2.24, 2.45) is 0 Å². The highest BCUT2D eigenvalue weighted by atomic mass is 14.8. The lowest BCUT2D eigenvalue weighted by molar-refractivity contribution is 0.999. The number of hydrogen-bond acceptors (Lipinski definition) is 1. The SMILES string of the molecule is C=C(C)NC.C=CC.CCC. The number of rotatable bonds is 1. The molecule has 0 radical (unpaired) electrons. The van der Waals surface area contributed by atoms with Crippen molar-refractivity contribution in [1.82, 2.24) is 5.32 Å². The highest BCUT2D eigenvalue weighted by Crippen LogP contribution is 1.68. The van der Waals surface area contributed by atoms with Crippen molar-refractivity contribution in [3.63, 3.8) is 0 Å². The molecule has 0 aliphatic heterocycles. The van der Waals surface area contributed by atoms with Gasteiger partial charge in [0.05, 0.1) is 0 Å². The number of nitrogens with one attached hydrogen (secondary N) is 1. The van der Waals surface area contributed by atoms with Crippen molar-refractivity contribution in [2.45, 2.75) is 34.1 Å². The van der Waals surface area contributed by atoms with E-state index in [9.17, 15) is 0 Å². The Morgan fingerprint density at radius 2 is 1.55 bits per heavy atom.